The lowest BCUT2D eigenvalue weighted by molar-refractivity contribution is -0.147. The highest BCUT2D eigenvalue weighted by Gasteiger charge is 2.06. The maximum Gasteiger partial charge on any atom is 0.308 e. The molecule has 156 valence electrons. The molecule has 0 unspecified atom stereocenters. The van der Waals surface area contributed by atoms with Crippen molar-refractivity contribution in [3.05, 3.63) is 0 Å². The fourth-order valence-corrected chi connectivity index (χ4v) is 3.34. The lowest BCUT2D eigenvalue weighted by Gasteiger charge is -2.06. The SMILES string of the molecule is CCCCCCCCCCCCCCCCCCCCOC(=O)C(C)C. The summed E-state index contributed by atoms with van der Waals surface area (Å²) >= 11 is 0. The van der Waals surface area contributed by atoms with Crippen molar-refractivity contribution in [3.8, 4) is 0 Å². The van der Waals surface area contributed by atoms with Crippen LogP contribution in [0.15, 0.2) is 0 Å². The molecule has 26 heavy (non-hydrogen) atoms. The fraction of sp³-hybridized carbons (Fsp3) is 0.958. The van der Waals surface area contributed by atoms with Gasteiger partial charge in [-0.2, -0.15) is 0 Å². The molecular formula is C24H48O2. The largest absolute Gasteiger partial charge is 0.465 e. The van der Waals surface area contributed by atoms with Crippen molar-refractivity contribution in [3.63, 3.8) is 0 Å². The predicted molar refractivity (Wildman–Crippen MR) is 115 cm³/mol. The van der Waals surface area contributed by atoms with Gasteiger partial charge in [-0.05, 0) is 6.42 Å². The van der Waals surface area contributed by atoms with Crippen LogP contribution in [0.5, 0.6) is 0 Å². The molecule has 0 fully saturated rings. The number of hydrogen-bond donors (Lipinski definition) is 0. The van der Waals surface area contributed by atoms with Crippen LogP contribution in [-0.4, -0.2) is 12.6 Å². The van der Waals surface area contributed by atoms with Gasteiger partial charge < -0.3 is 4.74 Å². The van der Waals surface area contributed by atoms with Gasteiger partial charge in [0.15, 0.2) is 0 Å². The molecule has 0 rings (SSSR count). The number of ether oxygens (including phenoxy) is 1. The molecule has 0 saturated carbocycles. The monoisotopic (exact) mass is 368 g/mol. The molecule has 0 aliphatic rings. The molecule has 0 radical (unpaired) electrons. The van der Waals surface area contributed by atoms with Gasteiger partial charge in [-0.15, -0.1) is 0 Å². The Hall–Kier alpha value is -0.530. The Morgan fingerprint density at radius 1 is 0.577 bits per heavy atom. The Morgan fingerprint density at radius 3 is 1.19 bits per heavy atom. The maximum absolute atomic E-state index is 11.3. The van der Waals surface area contributed by atoms with E-state index < -0.39 is 0 Å². The molecule has 0 saturated heterocycles. The van der Waals surface area contributed by atoms with E-state index in [9.17, 15) is 4.79 Å². The minimum Gasteiger partial charge on any atom is -0.465 e. The Morgan fingerprint density at radius 2 is 0.885 bits per heavy atom. The van der Waals surface area contributed by atoms with Crippen LogP contribution in [0, 0.1) is 5.92 Å². The summed E-state index contributed by atoms with van der Waals surface area (Å²) in [6.45, 7) is 6.67. The summed E-state index contributed by atoms with van der Waals surface area (Å²) in [5.74, 6) is -0.0532. The molecule has 2 nitrogen and oxygen atoms in total. The predicted octanol–water partition coefficient (Wildman–Crippen LogP) is 8.23. The zero-order valence-electron chi connectivity index (χ0n) is 18.3. The average Bonchev–Trinajstić information content (AvgIpc) is 2.63. The lowest BCUT2D eigenvalue weighted by atomic mass is 10.0. The van der Waals surface area contributed by atoms with Crippen LogP contribution in [0.4, 0.5) is 0 Å². The standard InChI is InChI=1S/C24H48O2/c1-4-5-6-7-8-9-10-11-12-13-14-15-16-17-18-19-20-21-22-26-24(25)23(2)3/h23H,4-22H2,1-3H3. The van der Waals surface area contributed by atoms with Crippen molar-refractivity contribution in [1.82, 2.24) is 0 Å². The normalized spacial score (nSPS) is 11.2. The van der Waals surface area contributed by atoms with Gasteiger partial charge in [0.05, 0.1) is 12.5 Å². The highest BCUT2D eigenvalue weighted by Crippen LogP contribution is 2.14. The van der Waals surface area contributed by atoms with Crippen molar-refractivity contribution in [1.29, 1.82) is 0 Å². The Balaban J connectivity index is 3.04. The van der Waals surface area contributed by atoms with E-state index in [0.717, 1.165) is 6.42 Å². The van der Waals surface area contributed by atoms with Crippen LogP contribution < -0.4 is 0 Å². The summed E-state index contributed by atoms with van der Waals surface area (Å²) in [6, 6.07) is 0. The maximum atomic E-state index is 11.3. The van der Waals surface area contributed by atoms with Gasteiger partial charge >= 0.3 is 5.97 Å². The van der Waals surface area contributed by atoms with Gasteiger partial charge in [-0.1, -0.05) is 130 Å². The van der Waals surface area contributed by atoms with E-state index >= 15 is 0 Å². The summed E-state index contributed by atoms with van der Waals surface area (Å²) < 4.78 is 5.19. The quantitative estimate of drug-likeness (QED) is 0.160. The van der Waals surface area contributed by atoms with Crippen LogP contribution >= 0.6 is 0 Å². The summed E-state index contributed by atoms with van der Waals surface area (Å²) in [4.78, 5) is 11.3. The first-order chi connectivity index (χ1) is 12.7. The second kappa shape index (κ2) is 20.8. The molecule has 2 heteroatoms. The summed E-state index contributed by atoms with van der Waals surface area (Å²) in [5.41, 5.74) is 0. The van der Waals surface area contributed by atoms with E-state index in [4.69, 9.17) is 4.74 Å². The smallest absolute Gasteiger partial charge is 0.308 e. The zero-order valence-corrected chi connectivity index (χ0v) is 18.3. The fourth-order valence-electron chi connectivity index (χ4n) is 3.34. The minimum atomic E-state index is -0.0584. The first kappa shape index (κ1) is 25.5. The third kappa shape index (κ3) is 19.8. The van der Waals surface area contributed by atoms with Crippen molar-refractivity contribution < 1.29 is 9.53 Å². The zero-order chi connectivity index (χ0) is 19.3. The summed E-state index contributed by atoms with van der Waals surface area (Å²) in [7, 11) is 0. The number of carbonyl (C=O) groups is 1. The van der Waals surface area contributed by atoms with Gasteiger partial charge in [-0.25, -0.2) is 0 Å². The molecule has 0 aliphatic carbocycles. The van der Waals surface area contributed by atoms with Gasteiger partial charge in [-0.3, -0.25) is 4.79 Å². The van der Waals surface area contributed by atoms with E-state index in [0.29, 0.717) is 6.61 Å². The minimum absolute atomic E-state index is 0.00514. The van der Waals surface area contributed by atoms with Gasteiger partial charge in [0.1, 0.15) is 0 Å². The van der Waals surface area contributed by atoms with Crippen LogP contribution in [0.25, 0.3) is 0 Å². The molecule has 0 N–H and O–H groups in total. The van der Waals surface area contributed by atoms with Gasteiger partial charge in [0.25, 0.3) is 0 Å². The van der Waals surface area contributed by atoms with Gasteiger partial charge in [0.2, 0.25) is 0 Å². The number of hydrogen-bond acceptors (Lipinski definition) is 2. The van der Waals surface area contributed by atoms with E-state index in [1.807, 2.05) is 13.8 Å². The van der Waals surface area contributed by atoms with Crippen LogP contribution in [0.2, 0.25) is 0 Å². The third-order valence-corrected chi connectivity index (χ3v) is 5.21. The number of rotatable bonds is 20. The first-order valence-corrected chi connectivity index (χ1v) is 11.8. The van der Waals surface area contributed by atoms with Crippen LogP contribution in [0.3, 0.4) is 0 Å². The Labute approximate surface area is 164 Å². The topological polar surface area (TPSA) is 26.3 Å². The summed E-state index contributed by atoms with van der Waals surface area (Å²) in [6.07, 6.45) is 24.9. The van der Waals surface area contributed by atoms with E-state index in [1.165, 1.54) is 109 Å². The van der Waals surface area contributed by atoms with Crippen LogP contribution in [-0.2, 0) is 9.53 Å². The number of esters is 1. The molecule has 0 aromatic heterocycles. The van der Waals surface area contributed by atoms with Crippen LogP contribution in [0.1, 0.15) is 136 Å². The average molecular weight is 369 g/mol. The Kier molecular flexibility index (Phi) is 20.4. The van der Waals surface area contributed by atoms with Crippen molar-refractivity contribution in [2.45, 2.75) is 136 Å². The third-order valence-electron chi connectivity index (χ3n) is 5.21. The lowest BCUT2D eigenvalue weighted by Crippen LogP contribution is -2.12. The number of carbonyl (C=O) groups excluding carboxylic acids is 1. The molecular weight excluding hydrogens is 320 g/mol. The Bertz CT molecular complexity index is 286. The van der Waals surface area contributed by atoms with E-state index in [2.05, 4.69) is 6.92 Å². The van der Waals surface area contributed by atoms with Crippen molar-refractivity contribution >= 4 is 5.97 Å². The first-order valence-electron chi connectivity index (χ1n) is 11.8. The molecule has 0 atom stereocenters. The van der Waals surface area contributed by atoms with Crippen molar-refractivity contribution in [2.75, 3.05) is 6.61 Å². The molecule has 0 aromatic carbocycles. The highest BCUT2D eigenvalue weighted by atomic mass is 16.5. The summed E-state index contributed by atoms with van der Waals surface area (Å²) in [5, 5.41) is 0. The molecule has 0 aromatic rings. The van der Waals surface area contributed by atoms with Gasteiger partial charge in [0, 0.05) is 0 Å². The molecule has 0 spiro atoms. The van der Waals surface area contributed by atoms with E-state index in [-0.39, 0.29) is 11.9 Å². The molecule has 0 aliphatic heterocycles. The molecule has 0 heterocycles. The number of unbranched alkanes of at least 4 members (excludes halogenated alkanes) is 17. The van der Waals surface area contributed by atoms with Crippen molar-refractivity contribution in [2.24, 2.45) is 5.92 Å². The molecule has 0 amide bonds. The second-order valence-electron chi connectivity index (χ2n) is 8.33. The highest BCUT2D eigenvalue weighted by molar-refractivity contribution is 5.71. The molecule has 0 bridgehead atoms. The second-order valence-corrected chi connectivity index (χ2v) is 8.33. The van der Waals surface area contributed by atoms with E-state index in [1.54, 1.807) is 0 Å².